The smallest absolute Gasteiger partial charge is 0.0469 e. The Balaban J connectivity index is -0.000000338. The van der Waals surface area contributed by atoms with Crippen molar-refractivity contribution in [2.24, 2.45) is 20.0 Å². The minimum Gasteiger partial charge on any atom is -0.289 e. The van der Waals surface area contributed by atoms with Crippen LogP contribution in [0.3, 0.4) is 0 Å². The van der Waals surface area contributed by atoms with Crippen LogP contribution >= 0.6 is 0 Å². The maximum absolute atomic E-state index is 4.27. The molecule has 0 aliphatic carbocycles. The van der Waals surface area contributed by atoms with Crippen LogP contribution in [0.4, 0.5) is 0 Å². The summed E-state index contributed by atoms with van der Waals surface area (Å²) in [6.07, 6.45) is 9.30. The zero-order chi connectivity index (χ0) is 17.4. The van der Waals surface area contributed by atoms with E-state index in [1.54, 1.807) is 24.9 Å². The summed E-state index contributed by atoms with van der Waals surface area (Å²) < 4.78 is 0. The first kappa shape index (κ1) is 27.0. The summed E-state index contributed by atoms with van der Waals surface area (Å²) in [6.45, 7) is 16.6. The number of rotatable bonds is 8. The van der Waals surface area contributed by atoms with Gasteiger partial charge in [0.2, 0.25) is 0 Å². The van der Waals surface area contributed by atoms with Gasteiger partial charge in [0.05, 0.1) is 0 Å². The summed E-state index contributed by atoms with van der Waals surface area (Å²) in [5.41, 5.74) is 0. The Morgan fingerprint density at radius 1 is 0.565 bits per heavy atom. The van der Waals surface area contributed by atoms with Gasteiger partial charge in [-0.1, -0.05) is 13.8 Å². The van der Waals surface area contributed by atoms with Crippen LogP contribution in [0.15, 0.2) is 20.0 Å². The molecule has 0 aliphatic rings. The molecule has 0 aliphatic heterocycles. The summed E-state index contributed by atoms with van der Waals surface area (Å²) in [7, 11) is 0. The van der Waals surface area contributed by atoms with Crippen LogP contribution in [0.5, 0.6) is 0 Å². The van der Waals surface area contributed by atoms with Gasteiger partial charge in [-0.05, 0) is 54.4 Å². The molecule has 0 bridgehead atoms. The van der Waals surface area contributed by atoms with Crippen molar-refractivity contribution in [1.29, 1.82) is 0 Å². The molecule has 2 atom stereocenters. The average Bonchev–Trinajstić information content (AvgIpc) is 2.47. The molecule has 0 saturated carbocycles. The van der Waals surface area contributed by atoms with Crippen molar-refractivity contribution in [2.45, 2.75) is 92.4 Å². The molecule has 23 heavy (non-hydrogen) atoms. The van der Waals surface area contributed by atoms with Crippen molar-refractivity contribution < 1.29 is 16.5 Å². The Bertz CT molecular complexity index is 313. The van der Waals surface area contributed by atoms with Gasteiger partial charge in [0.15, 0.2) is 0 Å². The molecule has 4 nitrogen and oxygen atoms in total. The summed E-state index contributed by atoms with van der Waals surface area (Å²) in [4.78, 5) is 16.8. The Morgan fingerprint density at radius 2 is 0.826 bits per heavy atom. The molecule has 0 aromatic heterocycles. The van der Waals surface area contributed by atoms with E-state index < -0.39 is 0 Å². The molecule has 0 spiro atoms. The maximum atomic E-state index is 4.27. The van der Waals surface area contributed by atoms with Gasteiger partial charge in [0, 0.05) is 65.5 Å². The first-order valence-corrected chi connectivity index (χ1v) is 8.43. The molecule has 2 unspecified atom stereocenters. The molecule has 0 aromatic carbocycles. The van der Waals surface area contributed by atoms with Gasteiger partial charge >= 0.3 is 0 Å². The summed E-state index contributed by atoms with van der Waals surface area (Å²) in [5.74, 6) is 0. The van der Waals surface area contributed by atoms with Gasteiger partial charge in [-0.25, -0.2) is 0 Å². The first-order valence-electron chi connectivity index (χ1n) is 8.43. The van der Waals surface area contributed by atoms with Crippen LogP contribution in [0.2, 0.25) is 0 Å². The van der Waals surface area contributed by atoms with E-state index in [0.717, 1.165) is 12.8 Å². The third-order valence-corrected chi connectivity index (χ3v) is 2.76. The fraction of sp³-hybridized carbons (Fsp3) is 0.778. The first-order chi connectivity index (χ1) is 10.3. The SMILES string of the molecule is CC(C)N=CC=NC(C)C.CCC(C)N=CC=NC(C)CC.[Ni]. The second-order valence-corrected chi connectivity index (χ2v) is 5.89. The molecular weight excluding hydrogens is 331 g/mol. The van der Waals surface area contributed by atoms with Crippen LogP contribution in [0.25, 0.3) is 0 Å². The second-order valence-electron chi connectivity index (χ2n) is 5.89. The van der Waals surface area contributed by atoms with Crippen molar-refractivity contribution in [3.05, 3.63) is 0 Å². The number of aliphatic imine (C=N–C) groups is 4. The fourth-order valence-electron chi connectivity index (χ4n) is 1.00. The van der Waals surface area contributed by atoms with E-state index >= 15 is 0 Å². The molecule has 0 aromatic rings. The van der Waals surface area contributed by atoms with Crippen molar-refractivity contribution in [1.82, 2.24) is 0 Å². The zero-order valence-electron chi connectivity index (χ0n) is 16.1. The quantitative estimate of drug-likeness (QED) is 0.442. The fourth-order valence-corrected chi connectivity index (χ4v) is 1.00. The normalized spacial score (nSPS) is 14.7. The Labute approximate surface area is 154 Å². The molecule has 138 valence electrons. The topological polar surface area (TPSA) is 49.4 Å². The zero-order valence-corrected chi connectivity index (χ0v) is 17.1. The van der Waals surface area contributed by atoms with Gasteiger partial charge in [0.25, 0.3) is 0 Å². The largest absolute Gasteiger partial charge is 0.289 e. The van der Waals surface area contributed by atoms with Crippen molar-refractivity contribution in [3.8, 4) is 0 Å². The Kier molecular flexibility index (Phi) is 22.6. The molecule has 0 fully saturated rings. The third-order valence-electron chi connectivity index (χ3n) is 2.76. The van der Waals surface area contributed by atoms with E-state index in [-0.39, 0.29) is 16.5 Å². The van der Waals surface area contributed by atoms with Crippen LogP contribution in [-0.4, -0.2) is 49.0 Å². The van der Waals surface area contributed by atoms with Gasteiger partial charge < -0.3 is 0 Å². The van der Waals surface area contributed by atoms with Crippen molar-refractivity contribution in [3.63, 3.8) is 0 Å². The number of hydrogen-bond donors (Lipinski definition) is 0. The third kappa shape index (κ3) is 26.4. The molecule has 0 saturated heterocycles. The Morgan fingerprint density at radius 3 is 1.04 bits per heavy atom. The van der Waals surface area contributed by atoms with Crippen molar-refractivity contribution in [2.75, 3.05) is 0 Å². The molecule has 0 amide bonds. The van der Waals surface area contributed by atoms with Crippen LogP contribution in [-0.2, 0) is 16.5 Å². The molecular formula is C18H36N4Ni. The molecule has 0 N–H and O–H groups in total. The van der Waals surface area contributed by atoms with E-state index in [4.69, 9.17) is 0 Å². The molecule has 0 radical (unpaired) electrons. The summed E-state index contributed by atoms with van der Waals surface area (Å²) >= 11 is 0. The minimum absolute atomic E-state index is 0. The van der Waals surface area contributed by atoms with Gasteiger partial charge in [-0.15, -0.1) is 0 Å². The predicted molar refractivity (Wildman–Crippen MR) is 104 cm³/mol. The van der Waals surface area contributed by atoms with Crippen LogP contribution < -0.4 is 0 Å². The van der Waals surface area contributed by atoms with Gasteiger partial charge in [-0.2, -0.15) is 0 Å². The minimum atomic E-state index is 0. The van der Waals surface area contributed by atoms with E-state index in [9.17, 15) is 0 Å². The van der Waals surface area contributed by atoms with Crippen LogP contribution in [0, 0.1) is 0 Å². The molecule has 5 heteroatoms. The predicted octanol–water partition coefficient (Wildman–Crippen LogP) is 4.67. The second kappa shape index (κ2) is 19.2. The molecule has 0 heterocycles. The monoisotopic (exact) mass is 366 g/mol. The van der Waals surface area contributed by atoms with E-state index in [1.165, 1.54) is 0 Å². The van der Waals surface area contributed by atoms with Crippen molar-refractivity contribution >= 4 is 24.9 Å². The van der Waals surface area contributed by atoms with E-state index in [0.29, 0.717) is 24.2 Å². The van der Waals surface area contributed by atoms with Crippen LogP contribution in [0.1, 0.15) is 68.2 Å². The standard InChI is InChI=1S/C10H20N2.C8H16N2.Ni/c1-5-9(3)11-7-8-12-10(4)6-2;1-7(2)9-5-6-10-8(3)4;/h7-10H,5-6H2,1-4H3;5-8H,1-4H3;. The summed E-state index contributed by atoms with van der Waals surface area (Å²) in [6, 6.07) is 1.60. The number of hydrogen-bond acceptors (Lipinski definition) is 4. The number of nitrogens with zero attached hydrogens (tertiary/aromatic N) is 4. The van der Waals surface area contributed by atoms with Gasteiger partial charge in [-0.3, -0.25) is 20.0 Å². The maximum Gasteiger partial charge on any atom is 0.0469 e. The molecule has 0 rings (SSSR count). The Hall–Kier alpha value is -0.826. The average molecular weight is 367 g/mol. The van der Waals surface area contributed by atoms with Gasteiger partial charge in [0.1, 0.15) is 0 Å². The summed E-state index contributed by atoms with van der Waals surface area (Å²) in [5, 5.41) is 0. The van der Waals surface area contributed by atoms with E-state index in [1.807, 2.05) is 27.7 Å². The van der Waals surface area contributed by atoms with E-state index in [2.05, 4.69) is 47.7 Å².